The number of hydrogen-bond acceptors (Lipinski definition) is 9. The summed E-state index contributed by atoms with van der Waals surface area (Å²) in [7, 11) is 0. The van der Waals surface area contributed by atoms with Crippen LogP contribution in [0.5, 0.6) is 5.75 Å². The van der Waals surface area contributed by atoms with Crippen molar-refractivity contribution in [3.63, 3.8) is 0 Å². The Morgan fingerprint density at radius 1 is 0.929 bits per heavy atom. The van der Waals surface area contributed by atoms with Gasteiger partial charge in [-0.1, -0.05) is 19.6 Å². The maximum absolute atomic E-state index is 12.1. The monoisotopic (exact) mass is 605 g/mol. The quantitative estimate of drug-likeness (QED) is 0.227. The summed E-state index contributed by atoms with van der Waals surface area (Å²) in [4.78, 5) is 31.3. The van der Waals surface area contributed by atoms with Crippen molar-refractivity contribution in [3.8, 4) is 5.75 Å². The summed E-state index contributed by atoms with van der Waals surface area (Å²) >= 11 is 0. The molecule has 2 aliphatic heterocycles. The highest BCUT2D eigenvalue weighted by Gasteiger charge is 2.19. The molecule has 0 bridgehead atoms. The Hall–Kier alpha value is -3.67. The lowest BCUT2D eigenvalue weighted by Gasteiger charge is -2.26. The Morgan fingerprint density at radius 2 is 1.45 bits per heavy atom. The number of carbonyl (C=O) groups excluding carboxylic acids is 2. The lowest BCUT2D eigenvalue weighted by molar-refractivity contribution is -0.135. The molecule has 0 atom stereocenters. The normalized spacial score (nSPS) is 14.3. The molecule has 5 rings (SSSR count). The van der Waals surface area contributed by atoms with E-state index in [1.165, 1.54) is 0 Å². The molecule has 0 aliphatic carbocycles. The van der Waals surface area contributed by atoms with Crippen molar-refractivity contribution < 1.29 is 28.6 Å². The Morgan fingerprint density at radius 3 is 1.98 bits per heavy atom. The number of nitrogens with two attached hydrogens (primary N) is 1. The van der Waals surface area contributed by atoms with E-state index in [1.54, 1.807) is 28.9 Å². The molecule has 2 aromatic carbocycles. The molecular formula is C30H44ClN5O6. The Labute approximate surface area is 253 Å². The summed E-state index contributed by atoms with van der Waals surface area (Å²) in [6.45, 7) is 10.7. The third kappa shape index (κ3) is 11.7. The minimum Gasteiger partial charge on any atom is -0.506 e. The predicted molar refractivity (Wildman–Crippen MR) is 167 cm³/mol. The first kappa shape index (κ1) is 36.4. The number of nitrogens with zero attached hydrogens (tertiary/aromatic N) is 3. The van der Waals surface area contributed by atoms with Crippen LogP contribution in [0.4, 0.5) is 5.69 Å². The second-order valence-corrected chi connectivity index (χ2v) is 9.76. The topological polar surface area (TPSA) is 155 Å². The first-order valence-electron chi connectivity index (χ1n) is 13.3. The van der Waals surface area contributed by atoms with Crippen LogP contribution in [0.1, 0.15) is 37.8 Å². The number of morpholine rings is 2. The van der Waals surface area contributed by atoms with Crippen molar-refractivity contribution in [2.45, 2.75) is 41.0 Å². The highest BCUT2D eigenvalue weighted by molar-refractivity contribution is 5.98. The van der Waals surface area contributed by atoms with E-state index in [-0.39, 0.29) is 50.2 Å². The second kappa shape index (κ2) is 18.0. The Balaban J connectivity index is 0.000000333. The molecule has 2 saturated heterocycles. The molecule has 0 spiro atoms. The average molecular weight is 606 g/mol. The third-order valence-corrected chi connectivity index (χ3v) is 6.22. The molecule has 2 amide bonds. The van der Waals surface area contributed by atoms with E-state index < -0.39 is 0 Å². The number of halogens is 1. The first-order valence-corrected chi connectivity index (χ1v) is 13.3. The summed E-state index contributed by atoms with van der Waals surface area (Å²) < 4.78 is 15.9. The van der Waals surface area contributed by atoms with Crippen molar-refractivity contribution in [2.75, 3.05) is 58.3 Å². The molecule has 232 valence electrons. The van der Waals surface area contributed by atoms with Crippen LogP contribution in [0.3, 0.4) is 0 Å². The van der Waals surface area contributed by atoms with Gasteiger partial charge in [0, 0.05) is 31.9 Å². The summed E-state index contributed by atoms with van der Waals surface area (Å²) in [6, 6.07) is 11.0. The van der Waals surface area contributed by atoms with Gasteiger partial charge in [0.2, 0.25) is 17.7 Å². The van der Waals surface area contributed by atoms with Gasteiger partial charge in [0.25, 0.3) is 0 Å². The van der Waals surface area contributed by atoms with Gasteiger partial charge in [-0.05, 0) is 56.2 Å². The van der Waals surface area contributed by atoms with Crippen LogP contribution >= 0.6 is 12.4 Å². The molecule has 4 N–H and O–H groups in total. The number of nitrogens with one attached hydrogen (secondary N) is 1. The van der Waals surface area contributed by atoms with Gasteiger partial charge in [0.1, 0.15) is 17.7 Å². The van der Waals surface area contributed by atoms with Gasteiger partial charge < -0.3 is 39.9 Å². The van der Waals surface area contributed by atoms with Gasteiger partial charge in [0.15, 0.2) is 5.58 Å². The molecule has 12 heteroatoms. The summed E-state index contributed by atoms with van der Waals surface area (Å²) in [5.74, 6) is 0.740. The van der Waals surface area contributed by atoms with Crippen LogP contribution in [0, 0.1) is 19.3 Å². The van der Waals surface area contributed by atoms with E-state index in [1.807, 2.05) is 38.1 Å². The molecule has 0 unspecified atom stereocenters. The van der Waals surface area contributed by atoms with Gasteiger partial charge >= 0.3 is 0 Å². The highest BCUT2D eigenvalue weighted by atomic mass is 35.5. The van der Waals surface area contributed by atoms with Crippen LogP contribution in [-0.4, -0.2) is 90.0 Å². The van der Waals surface area contributed by atoms with E-state index in [9.17, 15) is 9.59 Å². The van der Waals surface area contributed by atoms with Crippen LogP contribution in [0.2, 0.25) is 0 Å². The van der Waals surface area contributed by atoms with Crippen LogP contribution in [0.25, 0.3) is 11.1 Å². The molecule has 42 heavy (non-hydrogen) atoms. The number of phenolic OH excluding ortho intramolecular Hbond substituents is 1. The lowest BCUT2D eigenvalue weighted by Crippen LogP contribution is -2.41. The zero-order valence-corrected chi connectivity index (χ0v) is 24.7. The van der Waals surface area contributed by atoms with E-state index in [2.05, 4.69) is 4.98 Å². The smallest absolute Gasteiger partial charge is 0.232 e. The first-order chi connectivity index (χ1) is 19.1. The van der Waals surface area contributed by atoms with Crippen molar-refractivity contribution >= 4 is 46.7 Å². The zero-order valence-electron chi connectivity index (χ0n) is 23.9. The number of fused-ring (bicyclic) bond motifs is 1. The largest absolute Gasteiger partial charge is 0.506 e. The number of carbonyl (C=O) groups is 2. The van der Waals surface area contributed by atoms with Crippen molar-refractivity contribution in [1.29, 1.82) is 5.41 Å². The molecule has 3 heterocycles. The SMILES string of the molecule is C.CC(=N)CC(=O)N1CCOCC1.Cc1ccc(N)c(O)c1.Cc1ccc2oc(CC(=O)N3CCOCC3)nc2c1.Cl. The number of aromatic nitrogens is 1. The van der Waals surface area contributed by atoms with E-state index >= 15 is 0 Å². The molecular weight excluding hydrogens is 562 g/mol. The lowest BCUT2D eigenvalue weighted by atomic mass is 10.2. The standard InChI is InChI=1S/C14H16N2O3.C8H14N2O2.C7H9NO.CH4.ClH/c1-10-2-3-12-11(8-10)15-13(19-12)9-14(17)16-4-6-18-7-5-16;1-7(9)6-8(11)10-2-4-12-5-3-10;1-5-2-3-6(8)7(9)4-5;;/h2-3,8H,4-7,9H2,1H3;9H,2-6H2,1H3;2-4,9H,8H2,1H3;1H4;1H. The number of aromatic hydroxyl groups is 1. The third-order valence-electron chi connectivity index (χ3n) is 6.22. The number of oxazole rings is 1. The second-order valence-electron chi connectivity index (χ2n) is 9.76. The molecule has 0 saturated carbocycles. The van der Waals surface area contributed by atoms with E-state index in [4.69, 9.17) is 30.1 Å². The molecule has 1 aromatic heterocycles. The van der Waals surface area contributed by atoms with E-state index in [0.717, 1.165) is 22.2 Å². The van der Waals surface area contributed by atoms with Crippen molar-refractivity contribution in [2.24, 2.45) is 0 Å². The summed E-state index contributed by atoms with van der Waals surface area (Å²) in [5.41, 5.74) is 9.88. The highest BCUT2D eigenvalue weighted by Crippen LogP contribution is 2.19. The van der Waals surface area contributed by atoms with Crippen LogP contribution in [-0.2, 0) is 25.5 Å². The minimum atomic E-state index is 0. The summed E-state index contributed by atoms with van der Waals surface area (Å²) in [6.07, 6.45) is 0.466. The van der Waals surface area contributed by atoms with Gasteiger partial charge in [-0.3, -0.25) is 9.59 Å². The number of benzene rings is 2. The minimum absolute atomic E-state index is 0. The van der Waals surface area contributed by atoms with Gasteiger partial charge in [-0.15, -0.1) is 12.4 Å². The number of aryl methyl sites for hydroxylation is 2. The maximum Gasteiger partial charge on any atom is 0.232 e. The number of amides is 2. The molecule has 2 aliphatic rings. The fraction of sp³-hybridized carbons (Fsp3) is 0.467. The predicted octanol–water partition coefficient (Wildman–Crippen LogP) is 4.15. The van der Waals surface area contributed by atoms with Gasteiger partial charge in [0.05, 0.1) is 38.5 Å². The van der Waals surface area contributed by atoms with Crippen molar-refractivity contribution in [3.05, 3.63) is 53.4 Å². The van der Waals surface area contributed by atoms with Crippen molar-refractivity contribution in [1.82, 2.24) is 14.8 Å². The van der Waals surface area contributed by atoms with E-state index in [0.29, 0.717) is 69.9 Å². The van der Waals surface area contributed by atoms with Crippen LogP contribution in [0.15, 0.2) is 40.8 Å². The fourth-order valence-corrected chi connectivity index (χ4v) is 4.02. The number of nitrogen functional groups attached to an aromatic ring is 1. The number of anilines is 1. The Bertz CT molecular complexity index is 1300. The number of ether oxygens (including phenoxy) is 2. The summed E-state index contributed by atoms with van der Waals surface area (Å²) in [5, 5.41) is 16.1. The van der Waals surface area contributed by atoms with Crippen LogP contribution < -0.4 is 5.73 Å². The number of phenols is 1. The zero-order chi connectivity index (χ0) is 29.1. The Kier molecular flexibility index (Phi) is 15.6. The fourth-order valence-electron chi connectivity index (χ4n) is 4.02. The molecule has 3 aromatic rings. The van der Waals surface area contributed by atoms with Gasteiger partial charge in [-0.2, -0.15) is 0 Å². The average Bonchev–Trinajstić information content (AvgIpc) is 3.33. The number of rotatable bonds is 4. The van der Waals surface area contributed by atoms with Gasteiger partial charge in [-0.25, -0.2) is 4.98 Å². The molecule has 0 radical (unpaired) electrons. The molecule has 11 nitrogen and oxygen atoms in total. The molecule has 2 fully saturated rings. The number of hydrogen-bond donors (Lipinski definition) is 3. The maximum atomic E-state index is 12.1.